The number of allylic oxidation sites excluding steroid dienone is 4. The molecule has 4 aromatic carbocycles. The average molecular weight is 1190 g/mol. The standard InChI is InChI=1S/C79H80N6O5/c1-15-59-45(5)72-70(54-34-31-53(32-35-54)30-27-50-22-19-49(20-23-50)21-24-51-25-28-52(29-26-51)33-36-55-43-85(77(89)84-76(55)88)69-42-67(87)68(44-86)90-69)73-46(6)60(16-2)64(81-73)41-66-62(18-4)48(8)75(83-66)71(74-47(7)61(17-3)65(82-74)40-63(59)80-72)56-37-57(78(9,10)11)39-58(38-56)79(12,13)14/h19-20,22-23,25-26,28-29,31-32,34-35,37-41,43,67-69,82-83,86-87H,15-18,42,44H2,1-14H3,(H,84,88,89)/t67-,68+,69+/m0/s1. The summed E-state index contributed by atoms with van der Waals surface area (Å²) in [5.74, 6) is 19.1. The van der Waals surface area contributed by atoms with Gasteiger partial charge in [0.1, 0.15) is 17.9 Å². The summed E-state index contributed by atoms with van der Waals surface area (Å²) in [5.41, 5.74) is 27.7. The molecule has 1 fully saturated rings. The van der Waals surface area contributed by atoms with Crippen molar-refractivity contribution in [1.29, 1.82) is 0 Å². The highest BCUT2D eigenvalue weighted by Crippen LogP contribution is 2.45. The van der Waals surface area contributed by atoms with Crippen LogP contribution in [0.4, 0.5) is 0 Å². The summed E-state index contributed by atoms with van der Waals surface area (Å²) >= 11 is 0. The molecule has 3 aliphatic heterocycles. The van der Waals surface area contributed by atoms with Crippen LogP contribution < -0.4 is 11.2 Å². The topological polar surface area (TPSA) is 162 Å². The molecule has 1 saturated heterocycles. The van der Waals surface area contributed by atoms with Gasteiger partial charge in [0.2, 0.25) is 0 Å². The molecule has 11 rings (SSSR count). The number of benzene rings is 4. The highest BCUT2D eigenvalue weighted by atomic mass is 16.5. The lowest BCUT2D eigenvalue weighted by molar-refractivity contribution is -0.0459. The van der Waals surface area contributed by atoms with Crippen LogP contribution in [0.1, 0.15) is 198 Å². The van der Waals surface area contributed by atoms with Crippen LogP contribution in [0.2, 0.25) is 0 Å². The zero-order chi connectivity index (χ0) is 64.1. The first-order valence-electron chi connectivity index (χ1n) is 31.5. The van der Waals surface area contributed by atoms with Gasteiger partial charge in [-0.05, 0) is 204 Å². The van der Waals surface area contributed by atoms with Gasteiger partial charge < -0.3 is 24.9 Å². The Kier molecular flexibility index (Phi) is 17.3. The highest BCUT2D eigenvalue weighted by Gasteiger charge is 2.35. The van der Waals surface area contributed by atoms with Crippen LogP contribution in [0.25, 0.3) is 66.6 Å². The Morgan fingerprint density at radius 1 is 0.556 bits per heavy atom. The summed E-state index contributed by atoms with van der Waals surface area (Å²) < 4.78 is 6.80. The molecule has 0 saturated carbocycles. The number of hydrogen-bond acceptors (Lipinski definition) is 7. The zero-order valence-electron chi connectivity index (χ0n) is 54.3. The van der Waals surface area contributed by atoms with Crippen molar-refractivity contribution in [1.82, 2.24) is 29.5 Å². The van der Waals surface area contributed by atoms with Gasteiger partial charge in [-0.25, -0.2) is 14.8 Å². The first-order chi connectivity index (χ1) is 43.0. The number of nitrogens with zero attached hydrogens (tertiary/aromatic N) is 3. The SMILES string of the molecule is CCC1=C(C)c2nc1cc1[nH]c(c(C)c1CC)c(-c1cc(C(C)(C)C)cc(C(C)(C)C)c1)c1[nH]c(cc3nc(c2-c2ccc(C#Cc4ccc(C#Cc5ccc(C#Cc6cn([C@H]7C[C@H](O)[C@@H](CO)O7)c(=O)[nH]c6=O)cc5)cc4)cc2)C(C)=C3CC)c(CC)c1C. The van der Waals surface area contributed by atoms with E-state index in [0.29, 0.717) is 5.56 Å². The Bertz CT molecular complexity index is 4610. The molecule has 456 valence electrons. The van der Waals surface area contributed by atoms with Crippen LogP contribution in [0.5, 0.6) is 0 Å². The number of rotatable bonds is 8. The second-order valence-electron chi connectivity index (χ2n) is 26.0. The molecule has 11 heteroatoms. The van der Waals surface area contributed by atoms with Gasteiger partial charge >= 0.3 is 5.69 Å². The van der Waals surface area contributed by atoms with Gasteiger partial charge in [-0.2, -0.15) is 0 Å². The van der Waals surface area contributed by atoms with Gasteiger partial charge in [-0.3, -0.25) is 14.3 Å². The number of aryl methyl sites for hydroxylation is 4. The molecular weight excluding hydrogens is 1110 g/mol. The van der Waals surface area contributed by atoms with Gasteiger partial charge in [0.05, 0.1) is 46.5 Å². The van der Waals surface area contributed by atoms with Crippen molar-refractivity contribution in [2.45, 2.75) is 158 Å². The van der Waals surface area contributed by atoms with Crippen LogP contribution in [-0.2, 0) is 28.4 Å². The second-order valence-corrected chi connectivity index (χ2v) is 26.0. The Hall–Kier alpha value is -9.28. The summed E-state index contributed by atoms with van der Waals surface area (Å²) in [6.07, 6.45) is 2.16. The van der Waals surface area contributed by atoms with E-state index < -0.39 is 36.3 Å². The first kappa shape index (κ1) is 62.3. The smallest absolute Gasteiger partial charge is 0.330 e. The number of aliphatic hydroxyl groups is 2. The quantitative estimate of drug-likeness (QED) is 0.0946. The number of H-pyrrole nitrogens is 3. The molecule has 11 nitrogen and oxygen atoms in total. The fraction of sp³-hybridized carbons (Fsp3) is 0.316. The first-order valence-corrected chi connectivity index (χ1v) is 31.5. The van der Waals surface area contributed by atoms with E-state index in [1.807, 2.05) is 48.5 Å². The van der Waals surface area contributed by atoms with Crippen LogP contribution in [0, 0.1) is 49.4 Å². The third kappa shape index (κ3) is 12.2. The fourth-order valence-electron chi connectivity index (χ4n) is 12.8. The fourth-order valence-corrected chi connectivity index (χ4v) is 12.8. The van der Waals surface area contributed by atoms with Gasteiger partial charge in [-0.15, -0.1) is 0 Å². The predicted molar refractivity (Wildman–Crippen MR) is 367 cm³/mol. The number of aliphatic hydroxyl groups excluding tert-OH is 2. The minimum atomic E-state index is -0.940. The monoisotopic (exact) mass is 1190 g/mol. The van der Waals surface area contributed by atoms with E-state index in [2.05, 4.69) is 202 Å². The molecule has 8 bridgehead atoms. The maximum absolute atomic E-state index is 12.6. The Morgan fingerprint density at radius 2 is 0.978 bits per heavy atom. The van der Waals surface area contributed by atoms with Crippen LogP contribution >= 0.6 is 0 Å². The molecule has 7 heterocycles. The van der Waals surface area contributed by atoms with Gasteiger partial charge in [0, 0.05) is 62.6 Å². The van der Waals surface area contributed by atoms with Crippen LogP contribution in [0.3, 0.4) is 0 Å². The minimum Gasteiger partial charge on any atom is -0.394 e. The van der Waals surface area contributed by atoms with Crippen molar-refractivity contribution in [3.63, 3.8) is 0 Å². The van der Waals surface area contributed by atoms with E-state index in [0.717, 1.165) is 115 Å². The molecule has 90 heavy (non-hydrogen) atoms. The minimum absolute atomic E-state index is 0.0616. The Morgan fingerprint density at radius 3 is 1.37 bits per heavy atom. The summed E-state index contributed by atoms with van der Waals surface area (Å²) in [7, 11) is 0. The largest absolute Gasteiger partial charge is 0.394 e. The molecule has 4 aromatic heterocycles. The molecule has 3 atom stereocenters. The maximum Gasteiger partial charge on any atom is 0.330 e. The number of ether oxygens (including phenoxy) is 1. The molecule has 0 aliphatic carbocycles. The number of nitrogens with one attached hydrogen (secondary N) is 3. The molecule has 8 aromatic rings. The van der Waals surface area contributed by atoms with Crippen molar-refractivity contribution in [3.05, 3.63) is 220 Å². The molecule has 5 N–H and O–H groups in total. The van der Waals surface area contributed by atoms with E-state index >= 15 is 0 Å². The summed E-state index contributed by atoms with van der Waals surface area (Å²) in [5, 5.41) is 19.6. The van der Waals surface area contributed by atoms with Crippen LogP contribution in [0.15, 0.2) is 119 Å². The maximum atomic E-state index is 12.6. The lowest BCUT2D eigenvalue weighted by Crippen LogP contribution is -2.33. The van der Waals surface area contributed by atoms with Crippen molar-refractivity contribution in [2.75, 3.05) is 6.61 Å². The molecular formula is C79H80N6O5. The zero-order valence-corrected chi connectivity index (χ0v) is 54.3. The molecule has 0 radical (unpaired) electrons. The highest BCUT2D eigenvalue weighted by molar-refractivity contribution is 6.03. The lowest BCUT2D eigenvalue weighted by Gasteiger charge is -2.26. The van der Waals surface area contributed by atoms with E-state index in [4.69, 9.17) is 14.7 Å². The summed E-state index contributed by atoms with van der Waals surface area (Å²) in [6.45, 7) is 31.5. The molecule has 0 amide bonds. The van der Waals surface area contributed by atoms with Crippen molar-refractivity contribution < 1.29 is 14.9 Å². The molecule has 0 unspecified atom stereocenters. The van der Waals surface area contributed by atoms with Crippen molar-refractivity contribution in [3.8, 4) is 57.8 Å². The van der Waals surface area contributed by atoms with Gasteiger partial charge in [0.25, 0.3) is 5.56 Å². The van der Waals surface area contributed by atoms with E-state index in [1.54, 1.807) is 0 Å². The second kappa shape index (κ2) is 24.9. The third-order valence-corrected chi connectivity index (χ3v) is 18.1. The number of fused-ring (bicyclic) bond motifs is 8. The number of aromatic amines is 3. The average Bonchev–Trinajstić information content (AvgIpc) is 1.57. The molecule has 0 spiro atoms. The Labute approximate surface area is 528 Å². The molecule has 3 aliphatic rings. The predicted octanol–water partition coefficient (Wildman–Crippen LogP) is 15.4. The Balaban J connectivity index is 0.941. The van der Waals surface area contributed by atoms with Crippen molar-refractivity contribution in [2.24, 2.45) is 0 Å². The van der Waals surface area contributed by atoms with E-state index in [-0.39, 0.29) is 22.8 Å². The van der Waals surface area contributed by atoms with Crippen LogP contribution in [-0.4, -0.2) is 58.5 Å². The van der Waals surface area contributed by atoms with Crippen molar-refractivity contribution >= 4 is 44.4 Å². The third-order valence-electron chi connectivity index (χ3n) is 18.1. The number of hydrogen-bond donors (Lipinski definition) is 5. The van der Waals surface area contributed by atoms with E-state index in [9.17, 15) is 19.8 Å². The normalized spacial score (nSPS) is 15.8. The summed E-state index contributed by atoms with van der Waals surface area (Å²) in [4.78, 5) is 47.0. The van der Waals surface area contributed by atoms with E-state index in [1.165, 1.54) is 66.4 Å². The lowest BCUT2D eigenvalue weighted by atomic mass is 9.78. The number of aromatic nitrogens is 6. The van der Waals surface area contributed by atoms with Gasteiger partial charge in [0.15, 0.2) is 0 Å². The summed E-state index contributed by atoms with van der Waals surface area (Å²) in [6, 6.07) is 35.6. The van der Waals surface area contributed by atoms with Gasteiger partial charge in [-0.1, -0.05) is 135 Å².